The van der Waals surface area contributed by atoms with E-state index in [4.69, 9.17) is 0 Å². The topological polar surface area (TPSA) is 101 Å². The fourth-order valence-electron chi connectivity index (χ4n) is 1.53. The summed E-state index contributed by atoms with van der Waals surface area (Å²) < 4.78 is 37.6. The molecule has 2 rings (SSSR count). The van der Waals surface area contributed by atoms with E-state index < -0.39 is 28.3 Å². The Bertz CT molecular complexity index is 742. The summed E-state index contributed by atoms with van der Waals surface area (Å²) in [5.74, 6) is -0.538. The van der Waals surface area contributed by atoms with E-state index in [0.717, 1.165) is 6.07 Å². The first-order valence-electron chi connectivity index (χ1n) is 5.46. The number of hydrogen-bond donors (Lipinski definition) is 2. The number of H-pyrrole nitrogens is 1. The van der Waals surface area contributed by atoms with Gasteiger partial charge in [-0.3, -0.25) is 19.9 Å². The third-order valence-corrected chi connectivity index (χ3v) is 2.39. The third-order valence-electron chi connectivity index (χ3n) is 2.39. The smallest absolute Gasteiger partial charge is 0.320 e. The Hall–Kier alpha value is -2.91. The normalized spacial score (nSPS) is 11.2. The lowest BCUT2D eigenvalue weighted by molar-refractivity contribution is -0.383. The summed E-state index contributed by atoms with van der Waals surface area (Å²) >= 11 is 0. The maximum atomic E-state index is 12.5. The van der Waals surface area contributed by atoms with Gasteiger partial charge < -0.3 is 5.32 Å². The van der Waals surface area contributed by atoms with Gasteiger partial charge in [-0.1, -0.05) is 12.1 Å². The zero-order valence-corrected chi connectivity index (χ0v) is 10.1. The molecule has 0 aliphatic carbocycles. The van der Waals surface area contributed by atoms with Gasteiger partial charge in [0.15, 0.2) is 5.69 Å². The van der Waals surface area contributed by atoms with Crippen LogP contribution in [-0.2, 0) is 6.18 Å². The largest absolute Gasteiger partial charge is 0.433 e. The molecule has 0 fully saturated rings. The monoisotopic (exact) mass is 300 g/mol. The van der Waals surface area contributed by atoms with Gasteiger partial charge in [-0.15, -0.1) is 0 Å². The van der Waals surface area contributed by atoms with Crippen molar-refractivity contribution in [3.63, 3.8) is 0 Å². The molecular weight excluding hydrogens is 293 g/mol. The van der Waals surface area contributed by atoms with Gasteiger partial charge in [0.25, 0.3) is 11.2 Å². The number of para-hydroxylation sites is 2. The lowest BCUT2D eigenvalue weighted by atomic mass is 10.3. The summed E-state index contributed by atoms with van der Waals surface area (Å²) in [6.45, 7) is 0. The van der Waals surface area contributed by atoms with E-state index in [9.17, 15) is 28.1 Å². The molecule has 0 bridgehead atoms. The summed E-state index contributed by atoms with van der Waals surface area (Å²) in [6.07, 6.45) is -4.80. The number of alkyl halides is 3. The minimum absolute atomic E-state index is 0.0926. The van der Waals surface area contributed by atoms with Gasteiger partial charge >= 0.3 is 6.18 Å². The number of nitro benzene ring substituents is 1. The van der Waals surface area contributed by atoms with Gasteiger partial charge in [0.2, 0.25) is 5.95 Å². The highest BCUT2D eigenvalue weighted by molar-refractivity contribution is 5.66. The van der Waals surface area contributed by atoms with Crippen molar-refractivity contribution in [2.45, 2.75) is 6.18 Å². The van der Waals surface area contributed by atoms with Crippen molar-refractivity contribution in [2.75, 3.05) is 5.32 Å². The fraction of sp³-hybridized carbons (Fsp3) is 0.0909. The molecule has 1 heterocycles. The average molecular weight is 300 g/mol. The second-order valence-electron chi connectivity index (χ2n) is 3.88. The van der Waals surface area contributed by atoms with Crippen LogP contribution in [0.4, 0.5) is 30.5 Å². The number of rotatable bonds is 3. The second kappa shape index (κ2) is 5.23. The fourth-order valence-corrected chi connectivity index (χ4v) is 1.53. The van der Waals surface area contributed by atoms with Crippen molar-refractivity contribution in [1.82, 2.24) is 9.97 Å². The molecule has 0 atom stereocenters. The number of hydrogen-bond acceptors (Lipinski definition) is 5. The van der Waals surface area contributed by atoms with Gasteiger partial charge in [0.05, 0.1) is 4.92 Å². The molecule has 0 saturated heterocycles. The lowest BCUT2D eigenvalue weighted by Gasteiger charge is -2.09. The van der Waals surface area contributed by atoms with Crippen molar-refractivity contribution < 1.29 is 18.1 Å². The van der Waals surface area contributed by atoms with Gasteiger partial charge in [0.1, 0.15) is 5.69 Å². The highest BCUT2D eigenvalue weighted by Gasteiger charge is 2.33. The Morgan fingerprint density at radius 3 is 2.57 bits per heavy atom. The molecule has 0 spiro atoms. The van der Waals surface area contributed by atoms with E-state index in [1.807, 2.05) is 4.98 Å². The molecule has 2 aromatic rings. The standard InChI is InChI=1S/C11H7F3N4O3/c12-11(13,14)8-5-9(19)17-10(16-8)15-6-3-1-2-4-7(6)18(20)21/h1-5H,(H2,15,16,17,19). The van der Waals surface area contributed by atoms with Crippen LogP contribution in [0, 0.1) is 10.1 Å². The molecule has 0 radical (unpaired) electrons. The molecule has 21 heavy (non-hydrogen) atoms. The van der Waals surface area contributed by atoms with Gasteiger partial charge in [0, 0.05) is 12.1 Å². The number of aromatic nitrogens is 2. The summed E-state index contributed by atoms with van der Waals surface area (Å²) in [6, 6.07) is 5.57. The van der Waals surface area contributed by atoms with Crippen LogP contribution in [0.3, 0.4) is 0 Å². The average Bonchev–Trinajstić information content (AvgIpc) is 2.37. The van der Waals surface area contributed by atoms with Crippen LogP contribution >= 0.6 is 0 Å². The number of aromatic amines is 1. The Kier molecular flexibility index (Phi) is 3.61. The number of nitrogens with zero attached hydrogens (tertiary/aromatic N) is 2. The number of nitro groups is 1. The number of nitrogens with one attached hydrogen (secondary N) is 2. The molecule has 2 N–H and O–H groups in total. The Morgan fingerprint density at radius 2 is 1.95 bits per heavy atom. The number of anilines is 2. The highest BCUT2D eigenvalue weighted by Crippen LogP contribution is 2.29. The summed E-state index contributed by atoms with van der Waals surface area (Å²) in [7, 11) is 0. The zero-order chi connectivity index (χ0) is 15.6. The lowest BCUT2D eigenvalue weighted by Crippen LogP contribution is -2.18. The second-order valence-corrected chi connectivity index (χ2v) is 3.88. The maximum Gasteiger partial charge on any atom is 0.433 e. The van der Waals surface area contributed by atoms with E-state index in [2.05, 4.69) is 10.3 Å². The van der Waals surface area contributed by atoms with E-state index in [1.165, 1.54) is 18.2 Å². The summed E-state index contributed by atoms with van der Waals surface area (Å²) in [5.41, 5.74) is -2.88. The van der Waals surface area contributed by atoms with Crippen LogP contribution in [0.1, 0.15) is 5.69 Å². The molecule has 0 aliphatic heterocycles. The minimum Gasteiger partial charge on any atom is -0.320 e. The Labute approximate surface area is 114 Å². The molecule has 0 unspecified atom stereocenters. The van der Waals surface area contributed by atoms with Crippen LogP contribution in [0.25, 0.3) is 0 Å². The maximum absolute atomic E-state index is 12.5. The van der Waals surface area contributed by atoms with E-state index in [-0.39, 0.29) is 11.4 Å². The first kappa shape index (κ1) is 14.5. The SMILES string of the molecule is O=c1cc(C(F)(F)F)nc(Nc2ccccc2[N+](=O)[O-])[nH]1. The predicted molar refractivity (Wildman–Crippen MR) is 66.2 cm³/mol. The van der Waals surface area contributed by atoms with Crippen molar-refractivity contribution in [3.05, 3.63) is 56.5 Å². The van der Waals surface area contributed by atoms with Crippen LogP contribution < -0.4 is 10.9 Å². The third kappa shape index (κ3) is 3.35. The molecule has 1 aromatic carbocycles. The van der Waals surface area contributed by atoms with Crippen LogP contribution in [0.5, 0.6) is 0 Å². The van der Waals surface area contributed by atoms with Crippen molar-refractivity contribution in [1.29, 1.82) is 0 Å². The first-order chi connectivity index (χ1) is 9.77. The van der Waals surface area contributed by atoms with Crippen LogP contribution in [0.2, 0.25) is 0 Å². The highest BCUT2D eigenvalue weighted by atomic mass is 19.4. The summed E-state index contributed by atoms with van der Waals surface area (Å²) in [5, 5.41) is 13.1. The molecule has 0 aliphatic rings. The predicted octanol–water partition coefficient (Wildman–Crippen LogP) is 2.44. The van der Waals surface area contributed by atoms with E-state index >= 15 is 0 Å². The molecule has 0 saturated carbocycles. The van der Waals surface area contributed by atoms with Crippen molar-refractivity contribution >= 4 is 17.3 Å². The van der Waals surface area contributed by atoms with Crippen LogP contribution in [0.15, 0.2) is 35.1 Å². The van der Waals surface area contributed by atoms with E-state index in [1.54, 1.807) is 0 Å². The first-order valence-corrected chi connectivity index (χ1v) is 5.46. The van der Waals surface area contributed by atoms with Gasteiger partial charge in [-0.25, -0.2) is 4.98 Å². The zero-order valence-electron chi connectivity index (χ0n) is 10.1. The van der Waals surface area contributed by atoms with Crippen molar-refractivity contribution in [2.24, 2.45) is 0 Å². The van der Waals surface area contributed by atoms with Crippen LogP contribution in [-0.4, -0.2) is 14.9 Å². The number of benzene rings is 1. The number of halogens is 3. The molecular formula is C11H7F3N4O3. The van der Waals surface area contributed by atoms with Gasteiger partial charge in [-0.2, -0.15) is 13.2 Å². The molecule has 10 heteroatoms. The van der Waals surface area contributed by atoms with E-state index in [0.29, 0.717) is 6.07 Å². The molecule has 7 nitrogen and oxygen atoms in total. The van der Waals surface area contributed by atoms with Crippen molar-refractivity contribution in [3.8, 4) is 0 Å². The van der Waals surface area contributed by atoms with Gasteiger partial charge in [-0.05, 0) is 6.07 Å². The Balaban J connectivity index is 2.43. The molecule has 0 amide bonds. The summed E-state index contributed by atoms with van der Waals surface area (Å²) in [4.78, 5) is 26.5. The quantitative estimate of drug-likeness (QED) is 0.669. The Morgan fingerprint density at radius 1 is 1.29 bits per heavy atom. The molecule has 1 aromatic heterocycles. The molecule has 110 valence electrons. The minimum atomic E-state index is -4.80.